The summed E-state index contributed by atoms with van der Waals surface area (Å²) >= 11 is 6.94. The molecule has 0 aliphatic rings. The first kappa shape index (κ1) is 18.6. The predicted molar refractivity (Wildman–Crippen MR) is 116 cm³/mol. The highest BCUT2D eigenvalue weighted by Crippen LogP contribution is 2.32. The molecule has 140 valence electrons. The Morgan fingerprint density at radius 2 is 1.93 bits per heavy atom. The number of non-ortho nitro benzene ring substituents is 1. The fourth-order valence-corrected chi connectivity index (χ4v) is 3.65. The van der Waals surface area contributed by atoms with Crippen molar-refractivity contribution in [1.29, 1.82) is 0 Å². The molecular weight excluding hydrogens is 492 g/mol. The highest BCUT2D eigenvalue weighted by atomic mass is 79.9. The van der Waals surface area contributed by atoms with E-state index in [1.165, 1.54) is 24.4 Å². The van der Waals surface area contributed by atoms with Gasteiger partial charge in [0.2, 0.25) is 5.95 Å². The molecule has 1 N–H and O–H groups in total. The molecule has 3 aromatic carbocycles. The second-order valence-electron chi connectivity index (χ2n) is 6.14. The Bertz CT molecular complexity index is 1300. The Morgan fingerprint density at radius 1 is 1.18 bits per heavy atom. The summed E-state index contributed by atoms with van der Waals surface area (Å²) in [6, 6.07) is 11.5. The largest absolute Gasteiger partial charge is 0.507 e. The molecular formula is C19H12Br2N4O3. The first-order chi connectivity index (χ1) is 13.3. The molecule has 0 aliphatic carbocycles. The fraction of sp³-hybridized carbons (Fsp3) is 0.0526. The molecule has 1 heterocycles. The number of aliphatic imine (C=N–C) groups is 1. The van der Waals surface area contributed by atoms with Gasteiger partial charge < -0.3 is 9.67 Å². The molecule has 7 nitrogen and oxygen atoms in total. The van der Waals surface area contributed by atoms with Crippen molar-refractivity contribution in [2.45, 2.75) is 0 Å². The number of phenolic OH excluding ortho intramolecular Hbond substituents is 1. The predicted octanol–water partition coefficient (Wildman–Crippen LogP) is 5.62. The third-order valence-electron chi connectivity index (χ3n) is 4.44. The summed E-state index contributed by atoms with van der Waals surface area (Å²) in [7, 11) is 1.86. The summed E-state index contributed by atoms with van der Waals surface area (Å²) in [4.78, 5) is 19.5. The van der Waals surface area contributed by atoms with Crippen LogP contribution in [0.25, 0.3) is 21.8 Å². The molecule has 0 aliphatic heterocycles. The smallest absolute Gasteiger partial charge is 0.270 e. The third-order valence-corrected chi connectivity index (χ3v) is 6.29. The Morgan fingerprint density at radius 3 is 2.68 bits per heavy atom. The average Bonchev–Trinajstić information content (AvgIpc) is 2.96. The number of aromatic hydroxyl groups is 1. The number of halogens is 2. The van der Waals surface area contributed by atoms with Gasteiger partial charge in [0.1, 0.15) is 5.75 Å². The fourth-order valence-electron chi connectivity index (χ4n) is 2.99. The number of aromatic nitrogens is 2. The summed E-state index contributed by atoms with van der Waals surface area (Å²) in [5.41, 5.74) is 2.15. The summed E-state index contributed by atoms with van der Waals surface area (Å²) in [5.74, 6) is 0.507. The van der Waals surface area contributed by atoms with Gasteiger partial charge >= 0.3 is 0 Å². The molecule has 0 radical (unpaired) electrons. The monoisotopic (exact) mass is 502 g/mol. The number of nitro groups is 1. The van der Waals surface area contributed by atoms with Gasteiger partial charge in [0.25, 0.3) is 5.69 Å². The number of imidazole rings is 1. The molecule has 0 spiro atoms. The molecule has 0 fully saturated rings. The Labute approximate surface area is 175 Å². The molecule has 1 aromatic heterocycles. The lowest BCUT2D eigenvalue weighted by Gasteiger charge is -2.05. The SMILES string of the molecule is Cn1c(N=Cc2c(O)ccc3cc([N+](=O)[O-])ccc23)nc2cc(Br)c(Br)cc21. The van der Waals surface area contributed by atoms with Gasteiger partial charge in [-0.15, -0.1) is 0 Å². The van der Waals surface area contributed by atoms with Gasteiger partial charge in [-0.05, 0) is 66.9 Å². The van der Waals surface area contributed by atoms with E-state index in [2.05, 4.69) is 41.8 Å². The number of hydrogen-bond donors (Lipinski definition) is 1. The lowest BCUT2D eigenvalue weighted by molar-refractivity contribution is -0.384. The van der Waals surface area contributed by atoms with Crippen molar-refractivity contribution in [1.82, 2.24) is 9.55 Å². The average molecular weight is 504 g/mol. The van der Waals surface area contributed by atoms with E-state index in [0.717, 1.165) is 20.0 Å². The number of nitro benzene ring substituents is 1. The van der Waals surface area contributed by atoms with E-state index in [4.69, 9.17) is 0 Å². The number of hydrogen-bond acceptors (Lipinski definition) is 5. The number of nitrogens with zero attached hydrogens (tertiary/aromatic N) is 4. The Kier molecular flexibility index (Phi) is 4.64. The van der Waals surface area contributed by atoms with E-state index in [9.17, 15) is 15.2 Å². The number of phenols is 1. The maximum Gasteiger partial charge on any atom is 0.270 e. The number of fused-ring (bicyclic) bond motifs is 2. The number of aryl methyl sites for hydroxylation is 1. The molecule has 0 amide bonds. The van der Waals surface area contributed by atoms with Gasteiger partial charge in [0.05, 0.1) is 16.0 Å². The van der Waals surface area contributed by atoms with E-state index in [1.807, 2.05) is 23.7 Å². The van der Waals surface area contributed by atoms with E-state index in [0.29, 0.717) is 22.3 Å². The normalized spacial score (nSPS) is 11.7. The van der Waals surface area contributed by atoms with Crippen molar-refractivity contribution in [2.75, 3.05) is 0 Å². The van der Waals surface area contributed by atoms with E-state index in [-0.39, 0.29) is 11.4 Å². The topological polar surface area (TPSA) is 93.5 Å². The highest BCUT2D eigenvalue weighted by Gasteiger charge is 2.12. The maximum atomic E-state index is 11.0. The van der Waals surface area contributed by atoms with Crippen LogP contribution in [0.5, 0.6) is 5.75 Å². The minimum absolute atomic E-state index is 0.00687. The zero-order valence-electron chi connectivity index (χ0n) is 14.4. The molecule has 0 bridgehead atoms. The second kappa shape index (κ2) is 6.99. The minimum Gasteiger partial charge on any atom is -0.507 e. The quantitative estimate of drug-likeness (QED) is 0.223. The van der Waals surface area contributed by atoms with Gasteiger partial charge in [-0.3, -0.25) is 10.1 Å². The summed E-state index contributed by atoms with van der Waals surface area (Å²) in [5, 5.41) is 22.6. The minimum atomic E-state index is -0.449. The Balaban J connectivity index is 1.82. The lowest BCUT2D eigenvalue weighted by Crippen LogP contribution is -1.91. The van der Waals surface area contributed by atoms with E-state index >= 15 is 0 Å². The van der Waals surface area contributed by atoms with Crippen LogP contribution < -0.4 is 0 Å². The molecule has 0 saturated carbocycles. The summed E-state index contributed by atoms with van der Waals surface area (Å²) in [6.45, 7) is 0. The molecule has 0 saturated heterocycles. The van der Waals surface area contributed by atoms with Crippen molar-refractivity contribution >= 4 is 71.5 Å². The second-order valence-corrected chi connectivity index (χ2v) is 7.85. The van der Waals surface area contributed by atoms with Gasteiger partial charge in [-0.1, -0.05) is 6.07 Å². The molecule has 0 unspecified atom stereocenters. The molecule has 4 rings (SSSR count). The van der Waals surface area contributed by atoms with Crippen molar-refractivity contribution in [3.05, 3.63) is 67.1 Å². The standard InChI is InChI=1S/C19H12Br2N4O3/c1-24-17-8-15(21)14(20)7-16(17)23-19(24)22-9-13-12-4-3-11(25(27)28)6-10(12)2-5-18(13)26/h2-9,26H,1H3. The van der Waals surface area contributed by atoms with Crippen LogP contribution in [0.3, 0.4) is 0 Å². The zero-order chi connectivity index (χ0) is 20.0. The number of benzene rings is 3. The van der Waals surface area contributed by atoms with Crippen molar-refractivity contribution < 1.29 is 10.0 Å². The van der Waals surface area contributed by atoms with Crippen LogP contribution in [0.15, 0.2) is 56.4 Å². The van der Waals surface area contributed by atoms with Crippen LogP contribution in [0.4, 0.5) is 11.6 Å². The van der Waals surface area contributed by atoms with Crippen molar-refractivity contribution in [3.63, 3.8) is 0 Å². The summed E-state index contributed by atoms with van der Waals surface area (Å²) in [6.07, 6.45) is 1.52. The number of rotatable bonds is 3. The van der Waals surface area contributed by atoms with E-state index < -0.39 is 4.92 Å². The molecule has 0 atom stereocenters. The van der Waals surface area contributed by atoms with Crippen LogP contribution in [-0.4, -0.2) is 25.8 Å². The van der Waals surface area contributed by atoms with Crippen LogP contribution in [0.2, 0.25) is 0 Å². The summed E-state index contributed by atoms with van der Waals surface area (Å²) < 4.78 is 3.64. The van der Waals surface area contributed by atoms with Gasteiger partial charge in [0, 0.05) is 39.9 Å². The van der Waals surface area contributed by atoms with E-state index in [1.54, 1.807) is 12.1 Å². The van der Waals surface area contributed by atoms with Crippen LogP contribution in [0, 0.1) is 10.1 Å². The Hall–Kier alpha value is -2.78. The van der Waals surface area contributed by atoms with Crippen molar-refractivity contribution in [3.8, 4) is 5.75 Å². The van der Waals surface area contributed by atoms with Crippen LogP contribution in [0.1, 0.15) is 5.56 Å². The first-order valence-corrected chi connectivity index (χ1v) is 9.69. The first-order valence-electron chi connectivity index (χ1n) is 8.11. The lowest BCUT2D eigenvalue weighted by atomic mass is 10.0. The highest BCUT2D eigenvalue weighted by molar-refractivity contribution is 9.13. The van der Waals surface area contributed by atoms with Gasteiger partial charge in [0.15, 0.2) is 0 Å². The molecule has 28 heavy (non-hydrogen) atoms. The van der Waals surface area contributed by atoms with Crippen LogP contribution in [-0.2, 0) is 7.05 Å². The third kappa shape index (κ3) is 3.16. The van der Waals surface area contributed by atoms with Gasteiger partial charge in [-0.25, -0.2) is 9.98 Å². The molecule has 4 aromatic rings. The molecule has 9 heteroatoms. The van der Waals surface area contributed by atoms with Crippen LogP contribution >= 0.6 is 31.9 Å². The zero-order valence-corrected chi connectivity index (χ0v) is 17.6. The van der Waals surface area contributed by atoms with Gasteiger partial charge in [-0.2, -0.15) is 0 Å². The van der Waals surface area contributed by atoms with Crippen molar-refractivity contribution in [2.24, 2.45) is 12.0 Å². The maximum absolute atomic E-state index is 11.0.